The second-order valence-corrected chi connectivity index (χ2v) is 7.57. The Kier molecular flexibility index (Phi) is 5.48. The van der Waals surface area contributed by atoms with E-state index in [1.165, 1.54) is 24.7 Å². The first kappa shape index (κ1) is 19.6. The van der Waals surface area contributed by atoms with Crippen LogP contribution in [0.4, 0.5) is 0 Å². The Morgan fingerprint density at radius 3 is 2.29 bits per heavy atom. The largest absolute Gasteiger partial charge is 0.493 e. The first-order chi connectivity index (χ1) is 13.4. The molecule has 28 heavy (non-hydrogen) atoms. The first-order valence-corrected chi connectivity index (χ1v) is 9.81. The molecule has 0 radical (unpaired) electrons. The fourth-order valence-corrected chi connectivity index (χ4v) is 3.39. The molecule has 1 heterocycles. The normalized spacial score (nSPS) is 12.2. The number of ether oxygens (including phenoxy) is 2. The minimum Gasteiger partial charge on any atom is -0.493 e. The second kappa shape index (κ2) is 7.83. The van der Waals surface area contributed by atoms with E-state index in [1.54, 1.807) is 38.5 Å². The molecule has 0 saturated heterocycles. The lowest BCUT2D eigenvalue weighted by molar-refractivity contribution is 0.356. The van der Waals surface area contributed by atoms with Crippen molar-refractivity contribution in [2.24, 2.45) is 10.9 Å². The molecule has 9 heteroatoms. The van der Waals surface area contributed by atoms with Gasteiger partial charge in [0.15, 0.2) is 11.5 Å². The van der Waals surface area contributed by atoms with Gasteiger partial charge in [-0.25, -0.2) is 23.5 Å². The molecule has 0 saturated carbocycles. The van der Waals surface area contributed by atoms with E-state index >= 15 is 0 Å². The third-order valence-electron chi connectivity index (χ3n) is 4.29. The summed E-state index contributed by atoms with van der Waals surface area (Å²) in [6, 6.07) is 9.88. The molecule has 0 fully saturated rings. The van der Waals surface area contributed by atoms with Crippen molar-refractivity contribution in [2.45, 2.75) is 11.3 Å². The zero-order valence-electron chi connectivity index (χ0n) is 15.4. The molecule has 0 atom stereocenters. The van der Waals surface area contributed by atoms with Gasteiger partial charge in [0.05, 0.1) is 30.3 Å². The number of nitrogens with two attached hydrogens (primary N) is 2. The number of methoxy groups -OCH3 is 2. The van der Waals surface area contributed by atoms with Crippen molar-refractivity contribution in [1.29, 1.82) is 0 Å². The summed E-state index contributed by atoms with van der Waals surface area (Å²) in [5.74, 6) is 1.12. The average Bonchev–Trinajstić information content (AvgIpc) is 2.70. The summed E-state index contributed by atoms with van der Waals surface area (Å²) in [5, 5.41) is 5.90. The summed E-state index contributed by atoms with van der Waals surface area (Å²) in [6.07, 6.45) is 3.38. The number of primary sulfonamides is 1. The molecule has 8 nitrogen and oxygen atoms in total. The predicted molar refractivity (Wildman–Crippen MR) is 106 cm³/mol. The van der Waals surface area contributed by atoms with Crippen molar-refractivity contribution in [3.8, 4) is 11.5 Å². The Morgan fingerprint density at radius 1 is 1.07 bits per heavy atom. The fraction of sp³-hybridized carbons (Fsp3) is 0.158. The van der Waals surface area contributed by atoms with Crippen molar-refractivity contribution in [3.63, 3.8) is 0 Å². The number of allylic oxidation sites excluding steroid dienone is 1. The summed E-state index contributed by atoms with van der Waals surface area (Å²) in [5.41, 5.74) is 8.83. The number of hydrogen-bond acceptors (Lipinski definition) is 7. The van der Waals surface area contributed by atoms with Crippen LogP contribution in [0.25, 0.3) is 16.5 Å². The number of sulfonamides is 1. The number of fused-ring (bicyclic) bond motifs is 1. The summed E-state index contributed by atoms with van der Waals surface area (Å²) >= 11 is 0. The molecule has 0 amide bonds. The minimum absolute atomic E-state index is 0.0545. The highest BCUT2D eigenvalue weighted by Gasteiger charge is 2.14. The van der Waals surface area contributed by atoms with Crippen LogP contribution in [0.5, 0.6) is 11.5 Å². The van der Waals surface area contributed by atoms with Gasteiger partial charge in [-0.05, 0) is 35.5 Å². The van der Waals surface area contributed by atoms with E-state index < -0.39 is 10.0 Å². The van der Waals surface area contributed by atoms with Crippen LogP contribution in [0.3, 0.4) is 0 Å². The van der Waals surface area contributed by atoms with Crippen LogP contribution in [0.2, 0.25) is 0 Å². The van der Waals surface area contributed by atoms with Crippen molar-refractivity contribution < 1.29 is 17.9 Å². The lowest BCUT2D eigenvalue weighted by Crippen LogP contribution is -2.11. The summed E-state index contributed by atoms with van der Waals surface area (Å²) in [6.45, 7) is 0. The number of hydrogen-bond donors (Lipinski definition) is 2. The average molecular weight is 400 g/mol. The van der Waals surface area contributed by atoms with Gasteiger partial charge in [-0.15, -0.1) is 0 Å². The maximum absolute atomic E-state index is 11.4. The van der Waals surface area contributed by atoms with Crippen molar-refractivity contribution in [1.82, 2.24) is 9.97 Å². The highest BCUT2D eigenvalue weighted by atomic mass is 32.2. The standard InChI is InChI=1S/C19H20N4O4S/c1-26-17-8-15-16(9-18(17)27-2)22-11-23-19(15)13(10-20)7-12-3-5-14(6-4-12)28(21,24)25/h3-6,8-11H,7,20H2,1-2H3,(H2,21,24,25). The van der Waals surface area contributed by atoms with Gasteiger partial charge in [-0.1, -0.05) is 12.1 Å². The number of nitrogens with zero attached hydrogens (tertiary/aromatic N) is 2. The smallest absolute Gasteiger partial charge is 0.238 e. The molecule has 3 aromatic rings. The van der Waals surface area contributed by atoms with Crippen LogP contribution in [0.1, 0.15) is 11.3 Å². The van der Waals surface area contributed by atoms with Crippen molar-refractivity contribution in [3.05, 3.63) is 60.2 Å². The second-order valence-electron chi connectivity index (χ2n) is 6.00. The quantitative estimate of drug-likeness (QED) is 0.645. The monoisotopic (exact) mass is 400 g/mol. The molecule has 0 spiro atoms. The molecule has 0 aliphatic heterocycles. The Bertz CT molecular complexity index is 1140. The first-order valence-electron chi connectivity index (χ1n) is 8.27. The molecule has 0 unspecified atom stereocenters. The van der Waals surface area contributed by atoms with E-state index in [-0.39, 0.29) is 4.90 Å². The maximum Gasteiger partial charge on any atom is 0.238 e. The highest BCUT2D eigenvalue weighted by molar-refractivity contribution is 7.89. The molecule has 1 aromatic heterocycles. The Balaban J connectivity index is 2.02. The highest BCUT2D eigenvalue weighted by Crippen LogP contribution is 2.34. The number of rotatable bonds is 6. The van der Waals surface area contributed by atoms with Crippen LogP contribution in [0, 0.1) is 0 Å². The van der Waals surface area contributed by atoms with Crippen LogP contribution in [-0.4, -0.2) is 32.6 Å². The predicted octanol–water partition coefficient (Wildman–Crippen LogP) is 1.84. The summed E-state index contributed by atoms with van der Waals surface area (Å²) in [4.78, 5) is 8.74. The molecular formula is C19H20N4O4S. The lowest BCUT2D eigenvalue weighted by atomic mass is 10.00. The fourth-order valence-electron chi connectivity index (χ4n) is 2.88. The lowest BCUT2D eigenvalue weighted by Gasteiger charge is -2.13. The molecule has 3 rings (SSSR count). The summed E-state index contributed by atoms with van der Waals surface area (Å²) in [7, 11) is -0.621. The van der Waals surface area contributed by atoms with Gasteiger partial charge in [0.2, 0.25) is 10.0 Å². The van der Waals surface area contributed by atoms with Crippen molar-refractivity contribution >= 4 is 26.5 Å². The zero-order valence-corrected chi connectivity index (χ0v) is 16.2. The Morgan fingerprint density at radius 2 is 1.71 bits per heavy atom. The van der Waals surface area contributed by atoms with Gasteiger partial charge in [-0.3, -0.25) is 0 Å². The SMILES string of the molecule is COc1cc2ncnc(C(=CN)Cc3ccc(S(N)(=O)=O)cc3)c2cc1OC. The van der Waals surface area contributed by atoms with Crippen LogP contribution >= 0.6 is 0 Å². The molecule has 0 aliphatic rings. The van der Waals surface area contributed by atoms with E-state index in [0.717, 1.165) is 16.5 Å². The molecule has 0 bridgehead atoms. The van der Waals surface area contributed by atoms with E-state index in [9.17, 15) is 8.42 Å². The molecular weight excluding hydrogens is 380 g/mol. The van der Waals surface area contributed by atoms with Crippen LogP contribution in [-0.2, 0) is 16.4 Å². The maximum atomic E-state index is 11.4. The molecule has 146 valence electrons. The topological polar surface area (TPSA) is 130 Å². The van der Waals surface area contributed by atoms with Crippen LogP contribution in [0.15, 0.2) is 53.8 Å². The van der Waals surface area contributed by atoms with Gasteiger partial charge < -0.3 is 15.2 Å². The van der Waals surface area contributed by atoms with E-state index in [4.69, 9.17) is 20.3 Å². The van der Waals surface area contributed by atoms with Gasteiger partial charge in [0.25, 0.3) is 0 Å². The van der Waals surface area contributed by atoms with E-state index in [1.807, 2.05) is 0 Å². The molecule has 2 aromatic carbocycles. The Hall–Kier alpha value is -3.17. The van der Waals surface area contributed by atoms with E-state index in [2.05, 4.69) is 9.97 Å². The molecule has 4 N–H and O–H groups in total. The van der Waals surface area contributed by atoms with E-state index in [0.29, 0.717) is 29.1 Å². The van der Waals surface area contributed by atoms with Gasteiger partial charge in [0.1, 0.15) is 6.33 Å². The zero-order chi connectivity index (χ0) is 20.3. The Labute approximate surface area is 162 Å². The summed E-state index contributed by atoms with van der Waals surface area (Å²) < 4.78 is 33.5. The number of benzene rings is 2. The third-order valence-corrected chi connectivity index (χ3v) is 5.22. The molecule has 0 aliphatic carbocycles. The van der Waals surface area contributed by atoms with Gasteiger partial charge in [0, 0.05) is 17.9 Å². The van der Waals surface area contributed by atoms with Crippen LogP contribution < -0.4 is 20.3 Å². The third kappa shape index (κ3) is 3.90. The van der Waals surface area contributed by atoms with Gasteiger partial charge >= 0.3 is 0 Å². The number of aromatic nitrogens is 2. The van der Waals surface area contributed by atoms with Gasteiger partial charge in [-0.2, -0.15) is 0 Å². The van der Waals surface area contributed by atoms with Crippen molar-refractivity contribution in [2.75, 3.05) is 14.2 Å². The minimum atomic E-state index is -3.73.